The second-order valence-electron chi connectivity index (χ2n) is 6.97. The lowest BCUT2D eigenvalue weighted by molar-refractivity contribution is 0.395. The van der Waals surface area contributed by atoms with Crippen molar-refractivity contribution in [3.8, 4) is 22.8 Å². The van der Waals surface area contributed by atoms with E-state index in [9.17, 15) is 0 Å². The standard InChI is InChI=1S/C22H28N6O2/c1-28(2)13-5-10-24-22-26-19(16-8-11-23-12-9-16)15-21(27-22)25-18-7-6-17(29-3)14-20(18)30-4/h6-9,11-12,14-15H,5,10,13H2,1-4H3,(H2,24,25,26,27). The maximum absolute atomic E-state index is 5.49. The minimum atomic E-state index is 0.568. The van der Waals surface area contributed by atoms with Crippen molar-refractivity contribution in [2.45, 2.75) is 6.42 Å². The van der Waals surface area contributed by atoms with Gasteiger partial charge in [0.1, 0.15) is 17.3 Å². The summed E-state index contributed by atoms with van der Waals surface area (Å²) in [6.07, 6.45) is 4.49. The molecule has 30 heavy (non-hydrogen) atoms. The van der Waals surface area contributed by atoms with Crippen LogP contribution in [0.3, 0.4) is 0 Å². The predicted molar refractivity (Wildman–Crippen MR) is 120 cm³/mol. The Morgan fingerprint density at radius 1 is 0.967 bits per heavy atom. The van der Waals surface area contributed by atoms with E-state index in [1.807, 2.05) is 36.4 Å². The van der Waals surface area contributed by atoms with Crippen LogP contribution in [-0.4, -0.2) is 61.3 Å². The largest absolute Gasteiger partial charge is 0.497 e. The van der Waals surface area contributed by atoms with E-state index in [1.54, 1.807) is 26.6 Å². The molecule has 0 saturated heterocycles. The van der Waals surface area contributed by atoms with Crippen molar-refractivity contribution in [1.82, 2.24) is 19.9 Å². The zero-order chi connectivity index (χ0) is 21.3. The maximum Gasteiger partial charge on any atom is 0.225 e. The van der Waals surface area contributed by atoms with Gasteiger partial charge in [-0.25, -0.2) is 4.98 Å². The molecule has 2 N–H and O–H groups in total. The van der Waals surface area contributed by atoms with Crippen LogP contribution in [0.2, 0.25) is 0 Å². The van der Waals surface area contributed by atoms with Crippen molar-refractivity contribution in [3.63, 3.8) is 0 Å². The van der Waals surface area contributed by atoms with Crippen LogP contribution in [0.15, 0.2) is 48.8 Å². The highest BCUT2D eigenvalue weighted by Crippen LogP contribution is 2.32. The zero-order valence-corrected chi connectivity index (χ0v) is 17.8. The number of rotatable bonds is 10. The maximum atomic E-state index is 5.49. The topological polar surface area (TPSA) is 84.4 Å². The summed E-state index contributed by atoms with van der Waals surface area (Å²) < 4.78 is 10.8. The summed E-state index contributed by atoms with van der Waals surface area (Å²) in [6, 6.07) is 11.4. The highest BCUT2D eigenvalue weighted by atomic mass is 16.5. The van der Waals surface area contributed by atoms with Crippen molar-refractivity contribution in [1.29, 1.82) is 0 Å². The minimum absolute atomic E-state index is 0.568. The van der Waals surface area contributed by atoms with E-state index in [0.717, 1.165) is 42.2 Å². The SMILES string of the molecule is COc1ccc(Nc2cc(-c3ccncc3)nc(NCCCN(C)C)n2)c(OC)c1. The number of hydrogen-bond acceptors (Lipinski definition) is 8. The molecule has 0 bridgehead atoms. The van der Waals surface area contributed by atoms with Crippen molar-refractivity contribution < 1.29 is 9.47 Å². The Morgan fingerprint density at radius 2 is 1.77 bits per heavy atom. The third kappa shape index (κ3) is 5.81. The third-order valence-electron chi connectivity index (χ3n) is 4.44. The van der Waals surface area contributed by atoms with Crippen LogP contribution in [0, 0.1) is 0 Å². The fraction of sp³-hybridized carbons (Fsp3) is 0.318. The third-order valence-corrected chi connectivity index (χ3v) is 4.44. The van der Waals surface area contributed by atoms with Gasteiger partial charge in [-0.15, -0.1) is 0 Å². The molecule has 0 atom stereocenters. The van der Waals surface area contributed by atoms with E-state index < -0.39 is 0 Å². The fourth-order valence-electron chi connectivity index (χ4n) is 2.90. The lowest BCUT2D eigenvalue weighted by atomic mass is 10.2. The first kappa shape index (κ1) is 21.3. The number of methoxy groups -OCH3 is 2. The number of nitrogens with one attached hydrogen (secondary N) is 2. The summed E-state index contributed by atoms with van der Waals surface area (Å²) in [7, 11) is 7.37. The summed E-state index contributed by atoms with van der Waals surface area (Å²) >= 11 is 0. The molecule has 0 aliphatic rings. The number of anilines is 3. The Balaban J connectivity index is 1.88. The molecular weight excluding hydrogens is 380 g/mol. The van der Waals surface area contributed by atoms with Gasteiger partial charge in [-0.2, -0.15) is 4.98 Å². The van der Waals surface area contributed by atoms with Crippen molar-refractivity contribution in [2.24, 2.45) is 0 Å². The smallest absolute Gasteiger partial charge is 0.225 e. The lowest BCUT2D eigenvalue weighted by Crippen LogP contribution is -2.17. The second kappa shape index (κ2) is 10.4. The molecule has 3 rings (SSSR count). The quantitative estimate of drug-likeness (QED) is 0.492. The molecule has 3 aromatic rings. The average molecular weight is 409 g/mol. The van der Waals surface area contributed by atoms with Gasteiger partial charge in [0.05, 0.1) is 25.6 Å². The van der Waals surface area contributed by atoms with Gasteiger partial charge in [-0.1, -0.05) is 0 Å². The summed E-state index contributed by atoms with van der Waals surface area (Å²) in [6.45, 7) is 1.77. The Bertz CT molecular complexity index is 950. The van der Waals surface area contributed by atoms with Gasteiger partial charge in [0.15, 0.2) is 0 Å². The van der Waals surface area contributed by atoms with Gasteiger partial charge < -0.3 is 25.0 Å². The Hall–Kier alpha value is -3.39. The Morgan fingerprint density at radius 3 is 2.47 bits per heavy atom. The fourth-order valence-corrected chi connectivity index (χ4v) is 2.90. The highest BCUT2D eigenvalue weighted by molar-refractivity contribution is 5.70. The second-order valence-corrected chi connectivity index (χ2v) is 6.97. The lowest BCUT2D eigenvalue weighted by Gasteiger charge is -2.14. The molecule has 2 heterocycles. The summed E-state index contributed by atoms with van der Waals surface area (Å²) in [5, 5.41) is 6.67. The van der Waals surface area contributed by atoms with E-state index in [2.05, 4.69) is 44.6 Å². The van der Waals surface area contributed by atoms with Crippen LogP contribution in [0.5, 0.6) is 11.5 Å². The summed E-state index contributed by atoms with van der Waals surface area (Å²) in [5.74, 6) is 2.62. The number of hydrogen-bond donors (Lipinski definition) is 2. The molecule has 0 saturated carbocycles. The van der Waals surface area contributed by atoms with Gasteiger partial charge in [-0.3, -0.25) is 4.98 Å². The van der Waals surface area contributed by atoms with E-state index in [-0.39, 0.29) is 0 Å². The highest BCUT2D eigenvalue weighted by Gasteiger charge is 2.10. The molecule has 8 heteroatoms. The average Bonchev–Trinajstić information content (AvgIpc) is 2.77. The van der Waals surface area contributed by atoms with E-state index in [4.69, 9.17) is 9.47 Å². The first-order valence-electron chi connectivity index (χ1n) is 9.76. The van der Waals surface area contributed by atoms with Crippen molar-refractivity contribution in [3.05, 3.63) is 48.8 Å². The number of ether oxygens (including phenoxy) is 2. The summed E-state index contributed by atoms with van der Waals surface area (Å²) in [5.41, 5.74) is 2.56. The molecule has 0 aliphatic carbocycles. The van der Waals surface area contributed by atoms with Gasteiger partial charge in [0.25, 0.3) is 0 Å². The van der Waals surface area contributed by atoms with E-state index >= 15 is 0 Å². The van der Waals surface area contributed by atoms with Gasteiger partial charge in [0, 0.05) is 36.6 Å². The predicted octanol–water partition coefficient (Wildman–Crippen LogP) is 3.66. The van der Waals surface area contributed by atoms with Gasteiger partial charge in [-0.05, 0) is 51.3 Å². The number of nitrogens with zero attached hydrogens (tertiary/aromatic N) is 4. The van der Waals surface area contributed by atoms with Gasteiger partial charge in [0.2, 0.25) is 5.95 Å². The monoisotopic (exact) mass is 408 g/mol. The first-order valence-corrected chi connectivity index (χ1v) is 9.76. The van der Waals surface area contributed by atoms with E-state index in [0.29, 0.717) is 17.5 Å². The molecule has 1 aromatic carbocycles. The van der Waals surface area contributed by atoms with Crippen LogP contribution >= 0.6 is 0 Å². The molecule has 158 valence electrons. The first-order chi connectivity index (χ1) is 14.6. The molecule has 0 spiro atoms. The number of benzene rings is 1. The molecule has 0 radical (unpaired) electrons. The van der Waals surface area contributed by atoms with Crippen molar-refractivity contribution >= 4 is 17.5 Å². The van der Waals surface area contributed by atoms with Crippen molar-refractivity contribution in [2.75, 3.05) is 52.0 Å². The minimum Gasteiger partial charge on any atom is -0.497 e. The van der Waals surface area contributed by atoms with Crippen LogP contribution in [0.1, 0.15) is 6.42 Å². The molecule has 0 unspecified atom stereocenters. The molecular formula is C22H28N6O2. The zero-order valence-electron chi connectivity index (χ0n) is 17.8. The molecule has 2 aromatic heterocycles. The van der Waals surface area contributed by atoms with Crippen LogP contribution in [-0.2, 0) is 0 Å². The molecule has 8 nitrogen and oxygen atoms in total. The molecule has 0 fully saturated rings. The molecule has 0 amide bonds. The molecule has 0 aliphatic heterocycles. The van der Waals surface area contributed by atoms with Crippen LogP contribution in [0.4, 0.5) is 17.5 Å². The van der Waals surface area contributed by atoms with Crippen LogP contribution < -0.4 is 20.1 Å². The Kier molecular flexibility index (Phi) is 7.40. The normalized spacial score (nSPS) is 10.7. The van der Waals surface area contributed by atoms with Gasteiger partial charge >= 0.3 is 0 Å². The number of pyridine rings is 1. The number of aromatic nitrogens is 3. The Labute approximate surface area is 177 Å². The van der Waals surface area contributed by atoms with Crippen LogP contribution in [0.25, 0.3) is 11.3 Å². The summed E-state index contributed by atoms with van der Waals surface area (Å²) in [4.78, 5) is 15.6. The van der Waals surface area contributed by atoms with E-state index in [1.165, 1.54) is 0 Å².